The normalized spacial score (nSPS) is 20.2. The highest BCUT2D eigenvalue weighted by molar-refractivity contribution is 5.86. The Kier molecular flexibility index (Phi) is 13.7. The van der Waals surface area contributed by atoms with Crippen molar-refractivity contribution in [1.29, 1.82) is 0 Å². The predicted molar refractivity (Wildman–Crippen MR) is 166 cm³/mol. The minimum Gasteiger partial charge on any atom is -0.480 e. The Morgan fingerprint density at radius 1 is 0.628 bits per heavy atom. The molecule has 43 heavy (non-hydrogen) atoms. The van der Waals surface area contributed by atoms with Crippen LogP contribution in [-0.2, 0) is 32.0 Å². The van der Waals surface area contributed by atoms with Crippen molar-refractivity contribution in [2.45, 2.75) is 96.6 Å². The zero-order valence-electron chi connectivity index (χ0n) is 25.5. The molecule has 2 unspecified atom stereocenters. The molecule has 2 amide bonds. The second kappa shape index (κ2) is 17.4. The molecule has 2 aliphatic rings. The van der Waals surface area contributed by atoms with Crippen molar-refractivity contribution < 1.29 is 29.4 Å². The number of carbonyl (C=O) groups excluding carboxylic acids is 2. The van der Waals surface area contributed by atoms with Crippen molar-refractivity contribution in [2.75, 3.05) is 0 Å². The maximum Gasteiger partial charge on any atom is 0.326 e. The number of rotatable bonds is 11. The van der Waals surface area contributed by atoms with Crippen LogP contribution < -0.4 is 10.6 Å². The Morgan fingerprint density at radius 2 is 1.02 bits per heavy atom. The summed E-state index contributed by atoms with van der Waals surface area (Å²) in [5.74, 6) is -0.855. The van der Waals surface area contributed by atoms with Crippen molar-refractivity contribution in [3.63, 3.8) is 0 Å². The lowest BCUT2D eigenvalue weighted by molar-refractivity contribution is -0.143. The summed E-state index contributed by atoms with van der Waals surface area (Å²) in [5, 5.41) is 24.1. The number of amides is 2. The largest absolute Gasteiger partial charge is 0.480 e. The molecule has 2 aromatic carbocycles. The van der Waals surface area contributed by atoms with Crippen molar-refractivity contribution in [3.8, 4) is 0 Å². The van der Waals surface area contributed by atoms with E-state index >= 15 is 0 Å². The van der Waals surface area contributed by atoms with Crippen LogP contribution in [0.15, 0.2) is 60.7 Å². The van der Waals surface area contributed by atoms with Gasteiger partial charge in [-0.2, -0.15) is 0 Å². The summed E-state index contributed by atoms with van der Waals surface area (Å²) in [6.07, 6.45) is 9.57. The van der Waals surface area contributed by atoms with E-state index < -0.39 is 24.0 Å². The van der Waals surface area contributed by atoms with E-state index in [1.54, 1.807) is 0 Å². The molecule has 8 heteroatoms. The highest BCUT2D eigenvalue weighted by Crippen LogP contribution is 2.33. The molecule has 0 saturated heterocycles. The van der Waals surface area contributed by atoms with Crippen molar-refractivity contribution in [3.05, 3.63) is 71.8 Å². The average Bonchev–Trinajstić information content (AvgIpc) is 3.02. The van der Waals surface area contributed by atoms with Crippen molar-refractivity contribution >= 4 is 23.8 Å². The zero-order valence-corrected chi connectivity index (χ0v) is 25.5. The fraction of sp³-hybridized carbons (Fsp3) is 0.543. The van der Waals surface area contributed by atoms with Gasteiger partial charge in [0.2, 0.25) is 11.8 Å². The maximum absolute atomic E-state index is 12.4. The maximum atomic E-state index is 12.4. The Bertz CT molecular complexity index is 1160. The fourth-order valence-electron chi connectivity index (χ4n) is 6.09. The molecule has 234 valence electrons. The van der Waals surface area contributed by atoms with Crippen LogP contribution in [0.2, 0.25) is 0 Å². The molecule has 0 heterocycles. The third-order valence-corrected chi connectivity index (χ3v) is 8.86. The number of carboxylic acid groups (broad SMARTS) is 2. The Morgan fingerprint density at radius 3 is 1.40 bits per heavy atom. The summed E-state index contributed by atoms with van der Waals surface area (Å²) in [7, 11) is 0. The van der Waals surface area contributed by atoms with Crippen LogP contribution in [0.4, 0.5) is 0 Å². The van der Waals surface area contributed by atoms with Crippen LogP contribution in [0.25, 0.3) is 0 Å². The molecule has 2 aromatic rings. The number of carbonyl (C=O) groups is 4. The predicted octanol–water partition coefficient (Wildman–Crippen LogP) is 5.64. The molecule has 2 saturated carbocycles. The van der Waals surface area contributed by atoms with Crippen LogP contribution in [-0.4, -0.2) is 46.0 Å². The Hall–Kier alpha value is -3.68. The first kappa shape index (κ1) is 33.8. The Labute approximate surface area is 255 Å². The van der Waals surface area contributed by atoms with Gasteiger partial charge in [0.05, 0.1) is 0 Å². The summed E-state index contributed by atoms with van der Waals surface area (Å²) in [5.41, 5.74) is 1.84. The molecule has 0 radical (unpaired) electrons. The lowest BCUT2D eigenvalue weighted by atomic mass is 9.76. The monoisotopic (exact) mass is 592 g/mol. The van der Waals surface area contributed by atoms with Gasteiger partial charge in [-0.25, -0.2) is 9.59 Å². The molecule has 2 fully saturated rings. The number of carboxylic acids is 2. The summed E-state index contributed by atoms with van der Waals surface area (Å²) < 4.78 is 0. The van der Waals surface area contributed by atoms with E-state index in [1.165, 1.54) is 6.42 Å². The highest BCUT2D eigenvalue weighted by atomic mass is 16.4. The van der Waals surface area contributed by atoms with Crippen LogP contribution >= 0.6 is 0 Å². The number of benzene rings is 2. The van der Waals surface area contributed by atoms with E-state index in [0.29, 0.717) is 24.7 Å². The number of hydrogen-bond donors (Lipinski definition) is 4. The van der Waals surface area contributed by atoms with Gasteiger partial charge in [0.1, 0.15) is 12.1 Å². The van der Waals surface area contributed by atoms with Crippen LogP contribution in [0.5, 0.6) is 0 Å². The third-order valence-electron chi connectivity index (χ3n) is 8.86. The summed E-state index contributed by atoms with van der Waals surface area (Å²) >= 11 is 0. The van der Waals surface area contributed by atoms with E-state index in [-0.39, 0.29) is 23.7 Å². The van der Waals surface area contributed by atoms with Crippen molar-refractivity contribution in [2.24, 2.45) is 23.7 Å². The molecule has 0 aliphatic heterocycles. The van der Waals surface area contributed by atoms with Gasteiger partial charge in [0.25, 0.3) is 0 Å². The van der Waals surface area contributed by atoms with Crippen LogP contribution in [0, 0.1) is 23.7 Å². The van der Waals surface area contributed by atoms with E-state index in [2.05, 4.69) is 24.5 Å². The lowest BCUT2D eigenvalue weighted by Gasteiger charge is -2.30. The van der Waals surface area contributed by atoms with Gasteiger partial charge in [-0.15, -0.1) is 0 Å². The summed E-state index contributed by atoms with van der Waals surface area (Å²) in [6, 6.07) is 17.1. The lowest BCUT2D eigenvalue weighted by Crippen LogP contribution is -2.45. The molecule has 4 N–H and O–H groups in total. The summed E-state index contributed by atoms with van der Waals surface area (Å²) in [4.78, 5) is 47.3. The molecule has 4 rings (SSSR count). The smallest absolute Gasteiger partial charge is 0.326 e. The quantitative estimate of drug-likeness (QED) is 0.267. The highest BCUT2D eigenvalue weighted by Gasteiger charge is 2.30. The first-order chi connectivity index (χ1) is 20.6. The molecule has 0 aromatic heterocycles. The minimum atomic E-state index is -0.974. The minimum absolute atomic E-state index is 0.0126. The molecule has 2 aliphatic carbocycles. The molecule has 0 spiro atoms. The summed E-state index contributed by atoms with van der Waals surface area (Å²) in [6.45, 7) is 4.46. The number of nitrogens with one attached hydrogen (secondary N) is 2. The Balaban J connectivity index is 0.000000238. The van der Waals surface area contributed by atoms with Crippen LogP contribution in [0.1, 0.15) is 82.8 Å². The van der Waals surface area contributed by atoms with E-state index in [0.717, 1.165) is 62.5 Å². The standard InChI is InChI=1S/C19H27NO3.C16H21NO3/c1-13(2)15-8-10-16(11-9-15)18(21)20-17(19(22)23)12-14-6-4-3-5-7-14;18-15(13-9-5-2-6-10-13)17-14(16(19)20)11-12-7-3-1-4-8-12/h3-7,13,15-17H,8-12H2,1-2H3,(H,20,21)(H,22,23);1,3-4,7-8,13-14H,2,5-6,9-11H2,(H,17,18)(H,19,20). The van der Waals surface area contributed by atoms with Gasteiger partial charge in [0, 0.05) is 24.7 Å². The molecular weight excluding hydrogens is 544 g/mol. The molecule has 8 nitrogen and oxygen atoms in total. The SMILES string of the molecule is CC(C)C1CCC(C(=O)NC(Cc2ccccc2)C(=O)O)CC1.O=C(NC(Cc1ccccc1)C(=O)O)C1CCCCC1. The van der Waals surface area contributed by atoms with Crippen LogP contribution in [0.3, 0.4) is 0 Å². The first-order valence-corrected chi connectivity index (χ1v) is 15.8. The molecule has 2 atom stereocenters. The average molecular weight is 593 g/mol. The van der Waals surface area contributed by atoms with Gasteiger partial charge in [-0.1, -0.05) is 93.8 Å². The van der Waals surface area contributed by atoms with Gasteiger partial charge >= 0.3 is 11.9 Å². The number of aliphatic carboxylic acids is 2. The van der Waals surface area contributed by atoms with E-state index in [4.69, 9.17) is 0 Å². The van der Waals surface area contributed by atoms with E-state index in [1.807, 2.05) is 60.7 Å². The third kappa shape index (κ3) is 11.5. The van der Waals surface area contributed by atoms with Crippen molar-refractivity contribution in [1.82, 2.24) is 10.6 Å². The first-order valence-electron chi connectivity index (χ1n) is 15.8. The molecular formula is C35H48N2O6. The van der Waals surface area contributed by atoms with E-state index in [9.17, 15) is 29.4 Å². The zero-order chi connectivity index (χ0) is 31.2. The van der Waals surface area contributed by atoms with Gasteiger partial charge in [-0.3, -0.25) is 9.59 Å². The second-order valence-corrected chi connectivity index (χ2v) is 12.4. The van der Waals surface area contributed by atoms with Gasteiger partial charge in [-0.05, 0) is 61.5 Å². The number of hydrogen-bond acceptors (Lipinski definition) is 4. The van der Waals surface area contributed by atoms with Gasteiger partial charge in [0.15, 0.2) is 0 Å². The van der Waals surface area contributed by atoms with Gasteiger partial charge < -0.3 is 20.8 Å². The topological polar surface area (TPSA) is 133 Å². The fourth-order valence-corrected chi connectivity index (χ4v) is 6.09. The second-order valence-electron chi connectivity index (χ2n) is 12.4. The molecule has 0 bridgehead atoms.